The lowest BCUT2D eigenvalue weighted by molar-refractivity contribution is 0.0560. The first-order chi connectivity index (χ1) is 10.8. The average molecular weight is 338 g/mol. The second kappa shape index (κ2) is 7.02. The fourth-order valence-corrected chi connectivity index (χ4v) is 1.74. The summed E-state index contributed by atoms with van der Waals surface area (Å²) in [5.74, 6) is -0.0795. The summed E-state index contributed by atoms with van der Waals surface area (Å²) < 4.78 is 11.7. The van der Waals surface area contributed by atoms with Crippen LogP contribution in [0.1, 0.15) is 52.9 Å². The zero-order chi connectivity index (χ0) is 18.7. The number of alkyl carbamates (subject to hydrolysis) is 1. The molecule has 1 aromatic heterocycles. The highest BCUT2D eigenvalue weighted by Crippen LogP contribution is 2.10. The summed E-state index contributed by atoms with van der Waals surface area (Å²) in [4.78, 5) is 27.8. The maximum absolute atomic E-state index is 12.0. The Balaban J connectivity index is 3.11. The summed E-state index contributed by atoms with van der Waals surface area (Å²) in [5.41, 5.74) is 0.0318. The molecule has 0 radical (unpaired) electrons. The first-order valence-electron chi connectivity index (χ1n) is 7.62. The van der Waals surface area contributed by atoms with Gasteiger partial charge in [-0.3, -0.25) is 5.32 Å². The van der Waals surface area contributed by atoms with Crippen LogP contribution in [-0.4, -0.2) is 39.1 Å². The number of ether oxygens (including phenoxy) is 2. The van der Waals surface area contributed by atoms with Crippen molar-refractivity contribution in [2.24, 2.45) is 4.99 Å². The predicted molar refractivity (Wildman–Crippen MR) is 90.1 cm³/mol. The smallest absolute Gasteiger partial charge is 0.437 e. The monoisotopic (exact) mass is 338 g/mol. The molecule has 0 saturated heterocycles. The molecule has 1 aromatic rings. The Morgan fingerprint density at radius 1 is 1.08 bits per heavy atom. The zero-order valence-electron chi connectivity index (χ0n) is 15.6. The van der Waals surface area contributed by atoms with Gasteiger partial charge in [-0.2, -0.15) is 5.10 Å². The van der Waals surface area contributed by atoms with Crippen LogP contribution in [0.3, 0.4) is 0 Å². The van der Waals surface area contributed by atoms with Gasteiger partial charge in [0.1, 0.15) is 11.2 Å². The third kappa shape index (κ3) is 6.80. The molecule has 0 aliphatic rings. The molecule has 0 aliphatic heterocycles. The van der Waals surface area contributed by atoms with Crippen molar-refractivity contribution in [3.05, 3.63) is 17.5 Å². The number of aryl methyl sites for hydroxylation is 2. The van der Waals surface area contributed by atoms with Crippen LogP contribution in [0, 0.1) is 13.8 Å². The largest absolute Gasteiger partial charge is 0.444 e. The molecule has 0 aromatic carbocycles. The minimum absolute atomic E-state index is 0.0795. The van der Waals surface area contributed by atoms with Gasteiger partial charge in [-0.25, -0.2) is 14.3 Å². The zero-order valence-corrected chi connectivity index (χ0v) is 15.6. The lowest BCUT2D eigenvalue weighted by atomic mass is 10.2. The summed E-state index contributed by atoms with van der Waals surface area (Å²) >= 11 is 0. The van der Waals surface area contributed by atoms with E-state index < -0.39 is 23.4 Å². The van der Waals surface area contributed by atoms with Gasteiger partial charge in [-0.05, 0) is 61.5 Å². The van der Waals surface area contributed by atoms with Crippen LogP contribution in [0.4, 0.5) is 9.59 Å². The third-order valence-electron chi connectivity index (χ3n) is 2.41. The molecule has 0 atom stereocenters. The van der Waals surface area contributed by atoms with E-state index in [4.69, 9.17) is 9.47 Å². The third-order valence-corrected chi connectivity index (χ3v) is 2.41. The van der Waals surface area contributed by atoms with Crippen molar-refractivity contribution in [3.8, 4) is 0 Å². The van der Waals surface area contributed by atoms with E-state index in [0.717, 1.165) is 5.69 Å². The standard InChI is InChI=1S/C16H26N4O4/c1-10-9-11(2)20(19-10)12(17-13(21)23-15(3,4)5)18-14(22)24-16(6,7)8/h9H,1-8H3,(H,17,18,21,22). The Bertz CT molecular complexity index is 648. The maximum Gasteiger partial charge on any atom is 0.437 e. The first kappa shape index (κ1) is 19.7. The predicted octanol–water partition coefficient (Wildman–Crippen LogP) is 3.16. The van der Waals surface area contributed by atoms with Crippen molar-refractivity contribution in [1.29, 1.82) is 0 Å². The van der Waals surface area contributed by atoms with E-state index in [2.05, 4.69) is 15.4 Å². The van der Waals surface area contributed by atoms with Gasteiger partial charge in [0.2, 0.25) is 5.96 Å². The average Bonchev–Trinajstić information content (AvgIpc) is 2.62. The molecular formula is C16H26N4O4. The molecule has 8 nitrogen and oxygen atoms in total. The minimum Gasteiger partial charge on any atom is -0.444 e. The molecule has 0 saturated carbocycles. The van der Waals surface area contributed by atoms with E-state index in [1.54, 1.807) is 61.5 Å². The fourth-order valence-electron chi connectivity index (χ4n) is 1.74. The van der Waals surface area contributed by atoms with Crippen molar-refractivity contribution in [3.63, 3.8) is 0 Å². The minimum atomic E-state index is -0.832. The Morgan fingerprint density at radius 3 is 2.04 bits per heavy atom. The second-order valence-corrected chi connectivity index (χ2v) is 7.38. The molecule has 0 unspecified atom stereocenters. The summed E-state index contributed by atoms with van der Waals surface area (Å²) in [5, 5.41) is 6.67. The molecular weight excluding hydrogens is 312 g/mol. The lowest BCUT2D eigenvalue weighted by Crippen LogP contribution is -2.41. The van der Waals surface area contributed by atoms with E-state index in [0.29, 0.717) is 5.69 Å². The topological polar surface area (TPSA) is 94.8 Å². The number of aliphatic imine (C=N–C) groups is 1. The molecule has 134 valence electrons. The number of carbonyl (C=O) groups excluding carboxylic acids is 2. The van der Waals surface area contributed by atoms with Gasteiger partial charge in [-0.15, -0.1) is 4.99 Å². The van der Waals surface area contributed by atoms with Crippen LogP contribution in [-0.2, 0) is 9.47 Å². The maximum atomic E-state index is 12.0. The molecule has 1 heterocycles. The van der Waals surface area contributed by atoms with Gasteiger partial charge >= 0.3 is 12.2 Å². The van der Waals surface area contributed by atoms with E-state index in [1.807, 2.05) is 0 Å². The van der Waals surface area contributed by atoms with E-state index >= 15 is 0 Å². The van der Waals surface area contributed by atoms with E-state index in [1.165, 1.54) is 4.68 Å². The number of hydrogen-bond acceptors (Lipinski definition) is 5. The van der Waals surface area contributed by atoms with Gasteiger partial charge < -0.3 is 9.47 Å². The van der Waals surface area contributed by atoms with Gasteiger partial charge in [0.15, 0.2) is 0 Å². The van der Waals surface area contributed by atoms with Gasteiger partial charge in [-0.1, -0.05) is 0 Å². The number of nitrogens with one attached hydrogen (secondary N) is 1. The number of amides is 2. The molecule has 2 amide bonds. The summed E-state index contributed by atoms with van der Waals surface area (Å²) in [7, 11) is 0. The summed E-state index contributed by atoms with van der Waals surface area (Å²) in [6.45, 7) is 14.0. The van der Waals surface area contributed by atoms with Crippen LogP contribution >= 0.6 is 0 Å². The van der Waals surface area contributed by atoms with Crippen molar-refractivity contribution < 1.29 is 19.1 Å². The van der Waals surface area contributed by atoms with Gasteiger partial charge in [0.05, 0.1) is 5.69 Å². The molecule has 0 bridgehead atoms. The molecule has 0 fully saturated rings. The number of hydrogen-bond donors (Lipinski definition) is 1. The Kier molecular flexibility index (Phi) is 5.75. The van der Waals surface area contributed by atoms with Crippen LogP contribution < -0.4 is 5.32 Å². The summed E-state index contributed by atoms with van der Waals surface area (Å²) in [6, 6.07) is 1.79. The highest BCUT2D eigenvalue weighted by Gasteiger charge is 2.22. The quantitative estimate of drug-likeness (QED) is 0.579. The Labute approximate surface area is 142 Å². The van der Waals surface area contributed by atoms with E-state index in [9.17, 15) is 9.59 Å². The van der Waals surface area contributed by atoms with Gasteiger partial charge in [0.25, 0.3) is 0 Å². The van der Waals surface area contributed by atoms with Crippen molar-refractivity contribution in [2.75, 3.05) is 0 Å². The summed E-state index contributed by atoms with van der Waals surface area (Å²) in [6.07, 6.45) is -1.57. The molecule has 8 heteroatoms. The molecule has 24 heavy (non-hydrogen) atoms. The first-order valence-corrected chi connectivity index (χ1v) is 7.62. The highest BCUT2D eigenvalue weighted by molar-refractivity contribution is 5.99. The van der Waals surface area contributed by atoms with Crippen LogP contribution in [0.25, 0.3) is 0 Å². The van der Waals surface area contributed by atoms with Crippen molar-refractivity contribution >= 4 is 18.1 Å². The number of aromatic nitrogens is 2. The normalized spacial score (nSPS) is 12.8. The number of carbonyl (C=O) groups is 2. The van der Waals surface area contributed by atoms with E-state index in [-0.39, 0.29) is 5.96 Å². The molecule has 0 aliphatic carbocycles. The van der Waals surface area contributed by atoms with Crippen LogP contribution in [0.15, 0.2) is 11.1 Å². The van der Waals surface area contributed by atoms with Gasteiger partial charge in [0, 0.05) is 5.69 Å². The Hall–Kier alpha value is -2.38. The number of rotatable bonds is 0. The molecule has 1 N–H and O–H groups in total. The molecule has 1 rings (SSSR count). The highest BCUT2D eigenvalue weighted by atomic mass is 16.6. The van der Waals surface area contributed by atoms with Crippen LogP contribution in [0.2, 0.25) is 0 Å². The lowest BCUT2D eigenvalue weighted by Gasteiger charge is -2.21. The second-order valence-electron chi connectivity index (χ2n) is 7.38. The Morgan fingerprint density at radius 2 is 1.62 bits per heavy atom. The SMILES string of the molecule is Cc1cc(C)n(/C(=N\C(=O)OC(C)(C)C)NC(=O)OC(C)(C)C)n1. The van der Waals surface area contributed by atoms with Crippen molar-refractivity contribution in [2.45, 2.75) is 66.6 Å². The molecule has 0 spiro atoms. The fraction of sp³-hybridized carbons (Fsp3) is 0.625. The van der Waals surface area contributed by atoms with Crippen molar-refractivity contribution in [1.82, 2.24) is 15.1 Å². The van der Waals surface area contributed by atoms with Crippen LogP contribution in [0.5, 0.6) is 0 Å². The number of nitrogens with zero attached hydrogens (tertiary/aromatic N) is 3.